The number of benzene rings is 2. The van der Waals surface area contributed by atoms with Gasteiger partial charge in [-0.05, 0) is 30.7 Å². The first kappa shape index (κ1) is 18.4. The van der Waals surface area contributed by atoms with Crippen molar-refractivity contribution in [3.63, 3.8) is 0 Å². The molecule has 1 N–H and O–H groups in total. The number of nitrogens with one attached hydrogen (secondary N) is 1. The van der Waals surface area contributed by atoms with Crippen LogP contribution in [-0.4, -0.2) is 39.5 Å². The lowest BCUT2D eigenvalue weighted by Gasteiger charge is -2.24. The molecule has 0 aliphatic carbocycles. The molecule has 1 saturated heterocycles. The number of nitrogens with zero attached hydrogens (tertiary/aromatic N) is 3. The lowest BCUT2D eigenvalue weighted by atomic mass is 10.2. The van der Waals surface area contributed by atoms with Gasteiger partial charge in [0.2, 0.25) is 0 Å². The number of aromatic nitrogens is 2. The van der Waals surface area contributed by atoms with Crippen LogP contribution in [0.2, 0.25) is 0 Å². The molecule has 8 heteroatoms. The van der Waals surface area contributed by atoms with E-state index in [1.807, 2.05) is 55.5 Å². The number of carbonyl (C=O) groups is 2. The van der Waals surface area contributed by atoms with Crippen molar-refractivity contribution < 1.29 is 14.3 Å². The number of amides is 2. The molecular formula is C20H20N4O3S. The summed E-state index contributed by atoms with van der Waals surface area (Å²) in [5.41, 5.74) is 5.45. The molecule has 1 fully saturated rings. The van der Waals surface area contributed by atoms with Gasteiger partial charge in [-0.1, -0.05) is 30.3 Å². The molecule has 2 heterocycles. The minimum atomic E-state index is -0.289. The van der Waals surface area contributed by atoms with E-state index in [2.05, 4.69) is 10.5 Å². The molecule has 0 saturated carbocycles. The third-order valence-corrected chi connectivity index (χ3v) is 5.86. The Morgan fingerprint density at radius 3 is 2.75 bits per heavy atom. The molecule has 28 heavy (non-hydrogen) atoms. The maximum atomic E-state index is 12.6. The zero-order chi connectivity index (χ0) is 19.7. The molecule has 7 nitrogen and oxygen atoms in total. The number of para-hydroxylation sites is 1. The summed E-state index contributed by atoms with van der Waals surface area (Å²) in [5.74, 6) is 0.652. The smallest absolute Gasteiger partial charge is 0.260 e. The zero-order valence-electron chi connectivity index (χ0n) is 15.6. The van der Waals surface area contributed by atoms with Gasteiger partial charge in [-0.25, -0.2) is 5.01 Å². The van der Waals surface area contributed by atoms with Gasteiger partial charge in [-0.2, -0.15) is 5.10 Å². The van der Waals surface area contributed by atoms with Gasteiger partial charge < -0.3 is 4.74 Å². The molecule has 1 aliphatic heterocycles. The largest absolute Gasteiger partial charge is 0.497 e. The Labute approximate surface area is 166 Å². The van der Waals surface area contributed by atoms with Crippen LogP contribution < -0.4 is 10.2 Å². The molecule has 0 bridgehead atoms. The molecule has 1 aromatic heterocycles. The Morgan fingerprint density at radius 1 is 1.25 bits per heavy atom. The molecule has 3 aromatic rings. The van der Waals surface area contributed by atoms with Crippen molar-refractivity contribution in [3.8, 4) is 5.75 Å². The Bertz CT molecular complexity index is 1030. The molecule has 4 rings (SSSR count). The first-order chi connectivity index (χ1) is 13.6. The summed E-state index contributed by atoms with van der Waals surface area (Å²) in [6.07, 6.45) is 0. The van der Waals surface area contributed by atoms with Crippen molar-refractivity contribution in [2.75, 3.05) is 12.9 Å². The van der Waals surface area contributed by atoms with Crippen molar-refractivity contribution in [1.82, 2.24) is 20.2 Å². The number of aryl methyl sites for hydroxylation is 1. The molecule has 2 amide bonds. The summed E-state index contributed by atoms with van der Waals surface area (Å²) in [5, 5.41) is 6.61. The van der Waals surface area contributed by atoms with Gasteiger partial charge in [0.25, 0.3) is 11.8 Å². The quantitative estimate of drug-likeness (QED) is 0.718. The molecule has 1 aliphatic rings. The van der Waals surface area contributed by atoms with E-state index in [-0.39, 0.29) is 23.7 Å². The molecule has 1 unspecified atom stereocenters. The number of hydrogen-bond donors (Lipinski definition) is 1. The van der Waals surface area contributed by atoms with Crippen LogP contribution in [0.4, 0.5) is 0 Å². The second-order valence-corrected chi connectivity index (χ2v) is 7.56. The summed E-state index contributed by atoms with van der Waals surface area (Å²) in [6.45, 7) is 1.95. The van der Waals surface area contributed by atoms with E-state index < -0.39 is 0 Å². The SMILES string of the molecule is COc1ccc(C2SCC(=O)N2NC(=O)Cn2nc(C)c3ccccc32)cc1. The van der Waals surface area contributed by atoms with Gasteiger partial charge >= 0.3 is 0 Å². The Kier molecular flexibility index (Phi) is 4.95. The normalized spacial score (nSPS) is 16.6. The van der Waals surface area contributed by atoms with E-state index in [1.54, 1.807) is 11.8 Å². The van der Waals surface area contributed by atoms with Crippen molar-refractivity contribution in [3.05, 3.63) is 59.8 Å². The van der Waals surface area contributed by atoms with Crippen LogP contribution in [0.3, 0.4) is 0 Å². The van der Waals surface area contributed by atoms with Crippen LogP contribution in [-0.2, 0) is 16.1 Å². The Morgan fingerprint density at radius 2 is 2.00 bits per heavy atom. The summed E-state index contributed by atoms with van der Waals surface area (Å²) in [7, 11) is 1.61. The third kappa shape index (κ3) is 3.43. The number of thioether (sulfide) groups is 1. The van der Waals surface area contributed by atoms with Gasteiger partial charge in [-0.15, -0.1) is 11.8 Å². The number of ether oxygens (including phenoxy) is 1. The van der Waals surface area contributed by atoms with E-state index in [4.69, 9.17) is 4.74 Å². The Hall–Kier alpha value is -3.00. The van der Waals surface area contributed by atoms with Gasteiger partial charge in [0.05, 0.1) is 24.1 Å². The molecule has 144 valence electrons. The monoisotopic (exact) mass is 396 g/mol. The highest BCUT2D eigenvalue weighted by Crippen LogP contribution is 2.37. The van der Waals surface area contributed by atoms with Gasteiger partial charge in [0.1, 0.15) is 17.7 Å². The molecule has 2 aromatic carbocycles. The summed E-state index contributed by atoms with van der Waals surface area (Å²) in [4.78, 5) is 25.0. The Balaban J connectivity index is 1.51. The van der Waals surface area contributed by atoms with Crippen molar-refractivity contribution in [1.29, 1.82) is 0 Å². The van der Waals surface area contributed by atoms with E-state index >= 15 is 0 Å². The first-order valence-corrected chi connectivity index (χ1v) is 9.91. The minimum absolute atomic E-state index is 0.0398. The average Bonchev–Trinajstić information content (AvgIpc) is 3.22. The van der Waals surface area contributed by atoms with E-state index in [9.17, 15) is 9.59 Å². The minimum Gasteiger partial charge on any atom is -0.497 e. The second-order valence-electron chi connectivity index (χ2n) is 6.50. The van der Waals surface area contributed by atoms with Crippen LogP contribution in [0.15, 0.2) is 48.5 Å². The van der Waals surface area contributed by atoms with Gasteiger partial charge in [0, 0.05) is 5.39 Å². The fourth-order valence-electron chi connectivity index (χ4n) is 3.28. The number of fused-ring (bicyclic) bond motifs is 1. The van der Waals surface area contributed by atoms with Crippen molar-refractivity contribution in [2.45, 2.75) is 18.8 Å². The molecule has 0 spiro atoms. The van der Waals surface area contributed by atoms with Crippen LogP contribution in [0.1, 0.15) is 16.6 Å². The van der Waals surface area contributed by atoms with Crippen LogP contribution in [0.25, 0.3) is 10.9 Å². The lowest BCUT2D eigenvalue weighted by molar-refractivity contribution is -0.139. The number of methoxy groups -OCH3 is 1. The topological polar surface area (TPSA) is 76.5 Å². The maximum absolute atomic E-state index is 12.6. The van der Waals surface area contributed by atoms with Crippen LogP contribution >= 0.6 is 11.8 Å². The van der Waals surface area contributed by atoms with Gasteiger partial charge in [0.15, 0.2) is 0 Å². The number of hydrogen-bond acceptors (Lipinski definition) is 5. The van der Waals surface area contributed by atoms with Crippen molar-refractivity contribution in [2.24, 2.45) is 0 Å². The van der Waals surface area contributed by atoms with Crippen LogP contribution in [0.5, 0.6) is 5.75 Å². The second kappa shape index (κ2) is 7.55. The van der Waals surface area contributed by atoms with Crippen LogP contribution in [0, 0.1) is 6.92 Å². The third-order valence-electron chi connectivity index (χ3n) is 4.65. The number of rotatable bonds is 5. The predicted octanol–water partition coefficient (Wildman–Crippen LogP) is 2.66. The molecule has 1 atom stereocenters. The van der Waals surface area contributed by atoms with E-state index in [0.717, 1.165) is 27.9 Å². The summed E-state index contributed by atoms with van der Waals surface area (Å²) in [6, 6.07) is 15.3. The number of carbonyl (C=O) groups excluding carboxylic acids is 2. The predicted molar refractivity (Wildman–Crippen MR) is 108 cm³/mol. The fourth-order valence-corrected chi connectivity index (χ4v) is 4.39. The maximum Gasteiger partial charge on any atom is 0.260 e. The summed E-state index contributed by atoms with van der Waals surface area (Å²) >= 11 is 1.48. The fraction of sp³-hybridized carbons (Fsp3) is 0.250. The standard InChI is InChI=1S/C20H20N4O3S/c1-13-16-5-3-4-6-17(16)23(21-13)11-18(25)22-24-19(26)12-28-20(24)14-7-9-15(27-2)10-8-14/h3-10,20H,11-12H2,1-2H3,(H,22,25). The summed E-state index contributed by atoms with van der Waals surface area (Å²) < 4.78 is 6.84. The van der Waals surface area contributed by atoms with E-state index in [0.29, 0.717) is 5.75 Å². The highest BCUT2D eigenvalue weighted by Gasteiger charge is 2.34. The highest BCUT2D eigenvalue weighted by molar-refractivity contribution is 8.00. The molecular weight excluding hydrogens is 376 g/mol. The van der Waals surface area contributed by atoms with E-state index in [1.165, 1.54) is 16.8 Å². The lowest BCUT2D eigenvalue weighted by Crippen LogP contribution is -2.45. The van der Waals surface area contributed by atoms with Gasteiger partial charge in [-0.3, -0.25) is 19.7 Å². The van der Waals surface area contributed by atoms with Crippen molar-refractivity contribution >= 4 is 34.5 Å². The first-order valence-electron chi connectivity index (χ1n) is 8.86. The molecule has 0 radical (unpaired) electrons. The number of hydrazine groups is 1. The zero-order valence-corrected chi connectivity index (χ0v) is 16.4. The highest BCUT2D eigenvalue weighted by atomic mass is 32.2. The average molecular weight is 396 g/mol.